The van der Waals surface area contributed by atoms with Gasteiger partial charge in [-0.3, -0.25) is 9.59 Å². The number of likely N-dealkylation sites (tertiary alicyclic amines) is 1. The summed E-state index contributed by atoms with van der Waals surface area (Å²) in [6, 6.07) is 15.1. The Morgan fingerprint density at radius 1 is 1.10 bits per heavy atom. The third-order valence-corrected chi connectivity index (χ3v) is 7.66. The van der Waals surface area contributed by atoms with Gasteiger partial charge in [0.2, 0.25) is 17.6 Å². The van der Waals surface area contributed by atoms with Gasteiger partial charge >= 0.3 is 0 Å². The molecule has 7 nitrogen and oxygen atoms in total. The Kier molecular flexibility index (Phi) is 10.5. The summed E-state index contributed by atoms with van der Waals surface area (Å²) in [6.07, 6.45) is 10.1. The molecule has 39 heavy (non-hydrogen) atoms. The molecule has 0 aliphatic carbocycles. The van der Waals surface area contributed by atoms with E-state index in [9.17, 15) is 9.59 Å². The molecule has 1 atom stereocenters. The van der Waals surface area contributed by atoms with Gasteiger partial charge in [0, 0.05) is 28.7 Å². The molecule has 3 aromatic rings. The van der Waals surface area contributed by atoms with Gasteiger partial charge in [0.05, 0.1) is 0 Å². The summed E-state index contributed by atoms with van der Waals surface area (Å²) in [5, 5.41) is 4.16. The second-order valence-electron chi connectivity index (χ2n) is 10.0. The van der Waals surface area contributed by atoms with Crippen molar-refractivity contribution in [2.75, 3.05) is 19.6 Å². The lowest BCUT2D eigenvalue weighted by Gasteiger charge is -2.35. The first-order chi connectivity index (χ1) is 19.0. The lowest BCUT2D eigenvalue weighted by Crippen LogP contribution is -2.46. The van der Waals surface area contributed by atoms with Crippen LogP contribution in [0.25, 0.3) is 11.4 Å². The van der Waals surface area contributed by atoms with Crippen LogP contribution in [0.4, 0.5) is 0 Å². The van der Waals surface area contributed by atoms with Crippen LogP contribution in [-0.4, -0.2) is 51.4 Å². The van der Waals surface area contributed by atoms with E-state index in [-0.39, 0.29) is 30.9 Å². The molecule has 0 spiro atoms. The first kappa shape index (κ1) is 28.7. The van der Waals surface area contributed by atoms with Crippen LogP contribution in [0, 0.1) is 0 Å². The molecule has 1 aliphatic rings. The molecule has 206 valence electrons. The molecule has 4 rings (SSSR count). The molecule has 1 unspecified atom stereocenters. The smallest absolute Gasteiger partial charge is 0.254 e. The number of hydrogen-bond donors (Lipinski definition) is 0. The van der Waals surface area contributed by atoms with Gasteiger partial charge < -0.3 is 14.3 Å². The zero-order valence-electron chi connectivity index (χ0n) is 22.7. The highest BCUT2D eigenvalue weighted by molar-refractivity contribution is 9.10. The Hall–Kier alpha value is -3.26. The molecule has 0 bridgehead atoms. The number of carbonyl (C=O) groups is 2. The van der Waals surface area contributed by atoms with Crippen molar-refractivity contribution < 1.29 is 14.1 Å². The molecule has 2 aromatic carbocycles. The van der Waals surface area contributed by atoms with Crippen LogP contribution in [0.15, 0.2) is 70.2 Å². The quantitative estimate of drug-likeness (QED) is 0.167. The van der Waals surface area contributed by atoms with E-state index in [0.717, 1.165) is 42.1 Å². The maximum Gasteiger partial charge on any atom is 0.254 e. The van der Waals surface area contributed by atoms with Crippen LogP contribution in [-0.2, 0) is 11.2 Å². The monoisotopic (exact) mass is 592 g/mol. The number of rotatable bonds is 12. The van der Waals surface area contributed by atoms with Crippen LogP contribution >= 0.6 is 15.9 Å². The molecule has 0 N–H and O–H groups in total. The Bertz CT molecular complexity index is 1240. The summed E-state index contributed by atoms with van der Waals surface area (Å²) < 4.78 is 6.60. The van der Waals surface area contributed by atoms with Crippen molar-refractivity contribution in [2.24, 2.45) is 0 Å². The fraction of sp³-hybridized carbons (Fsp3) is 0.419. The number of aromatic nitrogens is 2. The Labute approximate surface area is 239 Å². The van der Waals surface area contributed by atoms with Gasteiger partial charge in [0.15, 0.2) is 0 Å². The van der Waals surface area contributed by atoms with Crippen molar-refractivity contribution in [3.05, 3.63) is 82.7 Å². The molecule has 0 radical (unpaired) electrons. The molecule has 0 saturated carbocycles. The highest BCUT2D eigenvalue weighted by Gasteiger charge is 2.33. The Morgan fingerprint density at radius 3 is 2.59 bits per heavy atom. The number of amides is 2. The minimum Gasteiger partial charge on any atom is -0.337 e. The summed E-state index contributed by atoms with van der Waals surface area (Å²) >= 11 is 3.44. The maximum atomic E-state index is 13.5. The molecule has 2 heterocycles. The summed E-state index contributed by atoms with van der Waals surface area (Å²) in [5.74, 6) is 0.611. The topological polar surface area (TPSA) is 79.5 Å². The van der Waals surface area contributed by atoms with Crippen molar-refractivity contribution in [3.63, 3.8) is 0 Å². The fourth-order valence-corrected chi connectivity index (χ4v) is 5.22. The number of aryl methyl sites for hydroxylation is 1. The molecule has 1 aromatic heterocycles. The number of piperidine rings is 1. The third-order valence-electron chi connectivity index (χ3n) is 7.14. The van der Waals surface area contributed by atoms with E-state index in [4.69, 9.17) is 4.52 Å². The van der Waals surface area contributed by atoms with Gasteiger partial charge in [-0.1, -0.05) is 65.5 Å². The highest BCUT2D eigenvalue weighted by atomic mass is 79.9. The minimum absolute atomic E-state index is 0.0339. The Balaban J connectivity index is 1.43. The molecular weight excluding hydrogens is 556 g/mol. The van der Waals surface area contributed by atoms with Crippen LogP contribution in [0.3, 0.4) is 0 Å². The average molecular weight is 594 g/mol. The average Bonchev–Trinajstić information content (AvgIpc) is 3.46. The van der Waals surface area contributed by atoms with Crippen molar-refractivity contribution in [1.82, 2.24) is 19.9 Å². The van der Waals surface area contributed by atoms with E-state index in [2.05, 4.69) is 39.6 Å². The normalized spacial score (nSPS) is 15.2. The SMILES string of the molecule is C=CCN(CC(=O)N1CCCCC1c1nc(-c2ccc(Br)cc2)no1)C(=O)c1ccc(CCCCCC)cc1. The van der Waals surface area contributed by atoms with E-state index in [0.29, 0.717) is 23.8 Å². The largest absolute Gasteiger partial charge is 0.337 e. The molecule has 1 saturated heterocycles. The van der Waals surface area contributed by atoms with Gasteiger partial charge in [-0.25, -0.2) is 0 Å². The standard InChI is InChI=1S/C31H37BrN4O3/c1-3-5-6-7-10-23-12-14-25(15-13-23)31(38)35(20-4-2)22-28(37)36-21-9-8-11-27(36)30-33-29(34-39-30)24-16-18-26(32)19-17-24/h4,12-19,27H,2-3,5-11,20-22H2,1H3. The first-order valence-electron chi connectivity index (χ1n) is 13.9. The lowest BCUT2D eigenvalue weighted by molar-refractivity contribution is -0.136. The summed E-state index contributed by atoms with van der Waals surface area (Å²) in [5.41, 5.74) is 2.65. The van der Waals surface area contributed by atoms with E-state index >= 15 is 0 Å². The molecule has 8 heteroatoms. The summed E-state index contributed by atoms with van der Waals surface area (Å²) in [4.78, 5) is 34.9. The highest BCUT2D eigenvalue weighted by Crippen LogP contribution is 2.31. The maximum absolute atomic E-state index is 13.5. The zero-order valence-corrected chi connectivity index (χ0v) is 24.2. The van der Waals surface area contributed by atoms with Gasteiger partial charge in [-0.05, 0) is 74.1 Å². The minimum atomic E-state index is -0.310. The number of nitrogens with zero attached hydrogens (tertiary/aromatic N) is 4. The van der Waals surface area contributed by atoms with E-state index in [1.807, 2.05) is 48.5 Å². The predicted octanol–water partition coefficient (Wildman–Crippen LogP) is 7.00. The number of halogens is 1. The third kappa shape index (κ3) is 7.66. The number of hydrogen-bond acceptors (Lipinski definition) is 5. The second-order valence-corrected chi connectivity index (χ2v) is 11.0. The molecule has 1 fully saturated rings. The van der Waals surface area contributed by atoms with E-state index in [1.165, 1.54) is 24.8 Å². The Morgan fingerprint density at radius 2 is 1.87 bits per heavy atom. The van der Waals surface area contributed by atoms with Crippen molar-refractivity contribution >= 4 is 27.7 Å². The van der Waals surface area contributed by atoms with Gasteiger partial charge in [0.25, 0.3) is 5.91 Å². The van der Waals surface area contributed by atoms with Gasteiger partial charge in [0.1, 0.15) is 12.6 Å². The van der Waals surface area contributed by atoms with Crippen LogP contribution in [0.1, 0.15) is 79.7 Å². The molecule has 2 amide bonds. The molecule has 1 aliphatic heterocycles. The van der Waals surface area contributed by atoms with E-state index < -0.39 is 0 Å². The number of unbranched alkanes of at least 4 members (excludes halogenated alkanes) is 3. The number of carbonyl (C=O) groups excluding carboxylic acids is 2. The first-order valence-corrected chi connectivity index (χ1v) is 14.7. The summed E-state index contributed by atoms with van der Waals surface area (Å²) in [7, 11) is 0. The fourth-order valence-electron chi connectivity index (χ4n) is 4.96. The van der Waals surface area contributed by atoms with Crippen molar-refractivity contribution in [3.8, 4) is 11.4 Å². The van der Waals surface area contributed by atoms with Gasteiger partial charge in [-0.2, -0.15) is 4.98 Å². The molecular formula is C31H37BrN4O3. The van der Waals surface area contributed by atoms with Crippen molar-refractivity contribution in [1.29, 1.82) is 0 Å². The van der Waals surface area contributed by atoms with Gasteiger partial charge in [-0.15, -0.1) is 6.58 Å². The second kappa shape index (κ2) is 14.2. The van der Waals surface area contributed by atoms with Crippen LogP contribution in [0.2, 0.25) is 0 Å². The summed E-state index contributed by atoms with van der Waals surface area (Å²) in [6.45, 7) is 6.85. The van der Waals surface area contributed by atoms with Crippen molar-refractivity contribution in [2.45, 2.75) is 64.3 Å². The number of benzene rings is 2. The van der Waals surface area contributed by atoms with Crippen LogP contribution in [0.5, 0.6) is 0 Å². The lowest BCUT2D eigenvalue weighted by atomic mass is 10.0. The van der Waals surface area contributed by atoms with Crippen LogP contribution < -0.4 is 0 Å². The predicted molar refractivity (Wildman–Crippen MR) is 156 cm³/mol. The van der Waals surface area contributed by atoms with E-state index in [1.54, 1.807) is 15.9 Å². The zero-order chi connectivity index (χ0) is 27.6.